The lowest BCUT2D eigenvalue weighted by Gasteiger charge is -2.16. The summed E-state index contributed by atoms with van der Waals surface area (Å²) in [5.41, 5.74) is 0.346. The Hall–Kier alpha value is -2.14. The van der Waals surface area contributed by atoms with Crippen molar-refractivity contribution in [1.82, 2.24) is 14.4 Å². The van der Waals surface area contributed by atoms with Gasteiger partial charge in [-0.25, -0.2) is 8.42 Å². The van der Waals surface area contributed by atoms with Crippen LogP contribution >= 0.6 is 0 Å². The third-order valence-corrected chi connectivity index (χ3v) is 5.80. The summed E-state index contributed by atoms with van der Waals surface area (Å²) in [6.07, 6.45) is -4.40. The standard InChI is InChI=1S/C15H16F3N3O4S/c1-2-26(22,23)21-8-7-12(9-21)24-11-5-3-10(4-6-11)13-19-14(25-20-13)15(16,17)18/h3-6,12H,2,7-9H2,1H3/t12-/m0/s1. The molecule has 0 amide bonds. The van der Waals surface area contributed by atoms with E-state index in [1.54, 1.807) is 19.1 Å². The number of hydrogen-bond donors (Lipinski definition) is 0. The van der Waals surface area contributed by atoms with Crippen molar-refractivity contribution in [3.05, 3.63) is 30.2 Å². The highest BCUT2D eigenvalue weighted by molar-refractivity contribution is 7.89. The first kappa shape index (κ1) is 18.6. The van der Waals surface area contributed by atoms with E-state index in [0.29, 0.717) is 24.3 Å². The molecular weight excluding hydrogens is 375 g/mol. The van der Waals surface area contributed by atoms with E-state index in [9.17, 15) is 21.6 Å². The van der Waals surface area contributed by atoms with Crippen LogP contribution in [0.2, 0.25) is 0 Å². The molecule has 0 saturated carbocycles. The summed E-state index contributed by atoms with van der Waals surface area (Å²) in [6, 6.07) is 6.15. The summed E-state index contributed by atoms with van der Waals surface area (Å²) >= 11 is 0. The van der Waals surface area contributed by atoms with E-state index in [2.05, 4.69) is 14.7 Å². The second-order valence-electron chi connectivity index (χ2n) is 5.73. The maximum atomic E-state index is 12.5. The molecule has 2 heterocycles. The van der Waals surface area contributed by atoms with Crippen molar-refractivity contribution < 1.29 is 30.8 Å². The van der Waals surface area contributed by atoms with E-state index in [1.807, 2.05) is 0 Å². The Morgan fingerprint density at radius 1 is 1.31 bits per heavy atom. The lowest BCUT2D eigenvalue weighted by Crippen LogP contribution is -2.32. The Morgan fingerprint density at radius 3 is 2.58 bits per heavy atom. The molecule has 1 aromatic heterocycles. The largest absolute Gasteiger partial charge is 0.489 e. The number of hydrogen-bond acceptors (Lipinski definition) is 6. The second-order valence-corrected chi connectivity index (χ2v) is 7.99. The van der Waals surface area contributed by atoms with Gasteiger partial charge in [0.2, 0.25) is 15.8 Å². The zero-order chi connectivity index (χ0) is 18.9. The minimum Gasteiger partial charge on any atom is -0.489 e. The van der Waals surface area contributed by atoms with Crippen molar-refractivity contribution in [2.24, 2.45) is 0 Å². The lowest BCUT2D eigenvalue weighted by atomic mass is 10.2. The van der Waals surface area contributed by atoms with E-state index in [4.69, 9.17) is 4.74 Å². The molecule has 0 aliphatic carbocycles. The first-order valence-corrected chi connectivity index (χ1v) is 9.46. The van der Waals surface area contributed by atoms with Crippen molar-refractivity contribution >= 4 is 10.0 Å². The SMILES string of the molecule is CCS(=O)(=O)N1CC[C@H](Oc2ccc(-c3noc(C(F)(F)F)n3)cc2)C1. The van der Waals surface area contributed by atoms with Crippen LogP contribution in [0.5, 0.6) is 5.75 Å². The van der Waals surface area contributed by atoms with Crippen molar-refractivity contribution in [3.8, 4) is 17.1 Å². The number of rotatable bonds is 5. The smallest absolute Gasteiger partial charge is 0.471 e. The van der Waals surface area contributed by atoms with Gasteiger partial charge < -0.3 is 9.26 Å². The number of aromatic nitrogens is 2. The Labute approximate surface area is 147 Å². The van der Waals surface area contributed by atoms with Gasteiger partial charge in [-0.3, -0.25) is 0 Å². The highest BCUT2D eigenvalue weighted by atomic mass is 32.2. The predicted octanol–water partition coefficient (Wildman–Crippen LogP) is 2.56. The Bertz CT molecular complexity index is 865. The molecule has 26 heavy (non-hydrogen) atoms. The Balaban J connectivity index is 1.65. The molecule has 1 aliphatic rings. The highest BCUT2D eigenvalue weighted by Crippen LogP contribution is 2.30. The molecule has 2 aromatic rings. The van der Waals surface area contributed by atoms with Crippen molar-refractivity contribution in [2.45, 2.75) is 25.6 Å². The molecule has 11 heteroatoms. The molecule has 7 nitrogen and oxygen atoms in total. The zero-order valence-corrected chi connectivity index (χ0v) is 14.5. The van der Waals surface area contributed by atoms with Crippen molar-refractivity contribution in [3.63, 3.8) is 0 Å². The van der Waals surface area contributed by atoms with Crippen LogP contribution in [0.25, 0.3) is 11.4 Å². The van der Waals surface area contributed by atoms with Crippen LogP contribution in [-0.4, -0.2) is 47.8 Å². The van der Waals surface area contributed by atoms with E-state index in [1.165, 1.54) is 16.4 Å². The Kier molecular flexibility index (Phi) is 4.93. The van der Waals surface area contributed by atoms with Crippen LogP contribution in [0.4, 0.5) is 13.2 Å². The van der Waals surface area contributed by atoms with Crippen molar-refractivity contribution in [2.75, 3.05) is 18.8 Å². The third kappa shape index (κ3) is 3.98. The minimum atomic E-state index is -4.69. The van der Waals surface area contributed by atoms with Gasteiger partial charge in [0.1, 0.15) is 11.9 Å². The summed E-state index contributed by atoms with van der Waals surface area (Å²) in [5.74, 6) is -1.06. The predicted molar refractivity (Wildman–Crippen MR) is 84.8 cm³/mol. The molecule has 0 radical (unpaired) electrons. The molecule has 1 atom stereocenters. The number of benzene rings is 1. The van der Waals surface area contributed by atoms with E-state index >= 15 is 0 Å². The van der Waals surface area contributed by atoms with Crippen LogP contribution < -0.4 is 4.74 Å². The fraction of sp³-hybridized carbons (Fsp3) is 0.467. The van der Waals surface area contributed by atoms with E-state index < -0.39 is 22.1 Å². The quantitative estimate of drug-likeness (QED) is 0.779. The average molecular weight is 391 g/mol. The van der Waals surface area contributed by atoms with Gasteiger partial charge in [0.15, 0.2) is 0 Å². The van der Waals surface area contributed by atoms with Gasteiger partial charge in [0.25, 0.3) is 0 Å². The van der Waals surface area contributed by atoms with Crippen molar-refractivity contribution in [1.29, 1.82) is 0 Å². The van der Waals surface area contributed by atoms with Gasteiger partial charge in [-0.2, -0.15) is 22.5 Å². The summed E-state index contributed by atoms with van der Waals surface area (Å²) in [4.78, 5) is 3.31. The number of nitrogens with zero attached hydrogens (tertiary/aromatic N) is 3. The molecule has 1 saturated heterocycles. The number of alkyl halides is 3. The van der Waals surface area contributed by atoms with Gasteiger partial charge in [-0.05, 0) is 37.6 Å². The molecule has 0 unspecified atom stereocenters. The maximum Gasteiger partial charge on any atom is 0.471 e. The van der Waals surface area contributed by atoms with Gasteiger partial charge in [0.05, 0.1) is 12.3 Å². The number of halogens is 3. The van der Waals surface area contributed by atoms with Crippen LogP contribution in [0.15, 0.2) is 28.8 Å². The number of ether oxygens (including phenoxy) is 1. The topological polar surface area (TPSA) is 85.5 Å². The molecule has 1 fully saturated rings. The summed E-state index contributed by atoms with van der Waals surface area (Å²) in [6.45, 7) is 2.27. The first-order valence-electron chi connectivity index (χ1n) is 7.85. The first-order chi connectivity index (χ1) is 12.2. The molecular formula is C15H16F3N3O4S. The highest BCUT2D eigenvalue weighted by Gasteiger charge is 2.38. The molecule has 1 aromatic carbocycles. The molecule has 1 aliphatic heterocycles. The lowest BCUT2D eigenvalue weighted by molar-refractivity contribution is -0.159. The number of sulfonamides is 1. The van der Waals surface area contributed by atoms with Gasteiger partial charge >= 0.3 is 12.1 Å². The van der Waals surface area contributed by atoms with E-state index in [0.717, 1.165) is 0 Å². The van der Waals surface area contributed by atoms with Gasteiger partial charge in [-0.15, -0.1) is 0 Å². The van der Waals surface area contributed by atoms with Crippen LogP contribution in [0, 0.1) is 0 Å². The molecule has 0 spiro atoms. The second kappa shape index (κ2) is 6.88. The normalized spacial score (nSPS) is 19.0. The third-order valence-electron chi connectivity index (χ3n) is 3.95. The molecule has 0 N–H and O–H groups in total. The summed E-state index contributed by atoms with van der Waals surface area (Å²) in [5, 5.41) is 3.31. The summed E-state index contributed by atoms with van der Waals surface area (Å²) < 4.78 is 72.5. The summed E-state index contributed by atoms with van der Waals surface area (Å²) in [7, 11) is -3.24. The van der Waals surface area contributed by atoms with Crippen LogP contribution in [0.1, 0.15) is 19.2 Å². The zero-order valence-electron chi connectivity index (χ0n) is 13.7. The average Bonchev–Trinajstić information content (AvgIpc) is 3.25. The monoisotopic (exact) mass is 391 g/mol. The molecule has 3 rings (SSSR count). The van der Waals surface area contributed by atoms with Gasteiger partial charge in [0, 0.05) is 12.1 Å². The molecule has 0 bridgehead atoms. The molecule has 142 valence electrons. The Morgan fingerprint density at radius 2 is 2.00 bits per heavy atom. The van der Waals surface area contributed by atoms with Crippen LogP contribution in [-0.2, 0) is 16.2 Å². The van der Waals surface area contributed by atoms with Gasteiger partial charge in [-0.1, -0.05) is 5.16 Å². The van der Waals surface area contributed by atoms with E-state index in [-0.39, 0.29) is 24.2 Å². The minimum absolute atomic E-state index is 0.0407. The fourth-order valence-corrected chi connectivity index (χ4v) is 3.70. The van der Waals surface area contributed by atoms with Crippen LogP contribution in [0.3, 0.4) is 0 Å². The maximum absolute atomic E-state index is 12.5. The fourth-order valence-electron chi connectivity index (χ4n) is 2.56.